The molecule has 30 heavy (non-hydrogen) atoms. The van der Waals surface area contributed by atoms with Crippen LogP contribution in [0.5, 0.6) is 0 Å². The summed E-state index contributed by atoms with van der Waals surface area (Å²) in [6.45, 7) is 9.26. The maximum Gasteiger partial charge on any atom is 0.240 e. The van der Waals surface area contributed by atoms with E-state index in [4.69, 9.17) is 16.2 Å². The quantitative estimate of drug-likeness (QED) is 0.780. The molecule has 1 fully saturated rings. The maximum absolute atomic E-state index is 12.8. The van der Waals surface area contributed by atoms with Crippen LogP contribution in [0.25, 0.3) is 10.8 Å². The lowest BCUT2D eigenvalue weighted by Gasteiger charge is -2.33. The number of aromatic nitrogens is 2. The van der Waals surface area contributed by atoms with Gasteiger partial charge in [-0.15, -0.1) is 0 Å². The molecule has 158 valence electrons. The van der Waals surface area contributed by atoms with Gasteiger partial charge in [0.2, 0.25) is 17.5 Å². The lowest BCUT2D eigenvalue weighted by Crippen LogP contribution is -2.48. The van der Waals surface area contributed by atoms with Crippen LogP contribution in [-0.4, -0.2) is 42.2 Å². The minimum absolute atomic E-state index is 0.0123. The van der Waals surface area contributed by atoms with Gasteiger partial charge < -0.3 is 16.2 Å². The highest BCUT2D eigenvalue weighted by Crippen LogP contribution is 2.41. The molecular formula is C21H28N7O2+. The summed E-state index contributed by atoms with van der Waals surface area (Å²) in [7, 11) is 0. The molecule has 4 rings (SSSR count). The molecular weight excluding hydrogens is 382 g/mol. The van der Waals surface area contributed by atoms with Gasteiger partial charge in [-0.3, -0.25) is 14.6 Å². The zero-order chi connectivity index (χ0) is 21.7. The van der Waals surface area contributed by atoms with E-state index in [-0.39, 0.29) is 36.4 Å². The van der Waals surface area contributed by atoms with Gasteiger partial charge in [-0.25, -0.2) is 9.97 Å². The number of morpholine rings is 1. The van der Waals surface area contributed by atoms with E-state index in [1.54, 1.807) is 4.90 Å². The molecule has 2 aromatic heterocycles. The smallest absolute Gasteiger partial charge is 0.240 e. The van der Waals surface area contributed by atoms with Gasteiger partial charge in [0.15, 0.2) is 0 Å². The zero-order valence-corrected chi connectivity index (χ0v) is 17.8. The first-order chi connectivity index (χ1) is 14.3. The van der Waals surface area contributed by atoms with E-state index in [1.807, 2.05) is 27.7 Å². The van der Waals surface area contributed by atoms with Crippen molar-refractivity contribution in [1.29, 1.82) is 5.26 Å². The van der Waals surface area contributed by atoms with Crippen molar-refractivity contribution in [2.45, 2.75) is 58.8 Å². The third-order valence-corrected chi connectivity index (χ3v) is 6.02. The number of carbonyl (C=O) groups is 1. The van der Waals surface area contributed by atoms with Crippen LogP contribution in [0.15, 0.2) is 0 Å². The second kappa shape index (κ2) is 7.29. The summed E-state index contributed by atoms with van der Waals surface area (Å²) in [4.78, 5) is 24.3. The molecule has 9 heteroatoms. The average Bonchev–Trinajstić information content (AvgIpc) is 3.01. The molecule has 5 N–H and O–H groups in total. The molecule has 3 atom stereocenters. The monoisotopic (exact) mass is 410 g/mol. The molecule has 2 aliphatic heterocycles. The maximum atomic E-state index is 12.8. The second-order valence-corrected chi connectivity index (χ2v) is 8.28. The fourth-order valence-electron chi connectivity index (χ4n) is 4.61. The van der Waals surface area contributed by atoms with Crippen LogP contribution in [-0.2, 0) is 16.0 Å². The van der Waals surface area contributed by atoms with Gasteiger partial charge in [-0.1, -0.05) is 6.92 Å². The van der Waals surface area contributed by atoms with E-state index >= 15 is 0 Å². The molecule has 0 radical (unpaired) electrons. The number of fused-ring (bicyclic) bond motifs is 3. The van der Waals surface area contributed by atoms with E-state index in [9.17, 15) is 10.1 Å². The standard InChI is InChI=1S/C21H27N7O2/c1-5-10(2)28-15(29)6-13-16-14(7-22)20(27-8-11(3)30-12(4)9-27)25-18(23)17(16)19(24)26-21(13)28/h10-12H,5-6,8-9H2,1-4H3,(H2,23,25)(H2,24,26)/p+1/t10-,11-,12+/m1/s1. The van der Waals surface area contributed by atoms with E-state index in [0.717, 1.165) is 12.0 Å². The second-order valence-electron chi connectivity index (χ2n) is 8.28. The number of hydrogen-bond donors (Lipinski definition) is 2. The first-order valence-electron chi connectivity index (χ1n) is 10.4. The van der Waals surface area contributed by atoms with Crippen LogP contribution in [0.3, 0.4) is 0 Å². The van der Waals surface area contributed by atoms with Gasteiger partial charge >= 0.3 is 0 Å². The van der Waals surface area contributed by atoms with Crippen LogP contribution >= 0.6 is 0 Å². The number of carbonyl (C=O) groups excluding carboxylic acids is 1. The first-order valence-corrected chi connectivity index (χ1v) is 10.4. The molecule has 1 amide bonds. The Morgan fingerprint density at radius 2 is 1.97 bits per heavy atom. The molecule has 4 heterocycles. The molecule has 1 saturated heterocycles. The number of hydrogen-bond acceptors (Lipinski definition) is 7. The molecule has 0 aromatic carbocycles. The Morgan fingerprint density at radius 3 is 2.57 bits per heavy atom. The zero-order valence-electron chi connectivity index (χ0n) is 17.8. The van der Waals surface area contributed by atoms with Crippen molar-refractivity contribution in [3.8, 4) is 6.07 Å². The molecule has 9 nitrogen and oxygen atoms in total. The average molecular weight is 411 g/mol. The van der Waals surface area contributed by atoms with Crippen molar-refractivity contribution >= 4 is 40.0 Å². The summed E-state index contributed by atoms with van der Waals surface area (Å²) in [6, 6.07) is 2.33. The highest BCUT2D eigenvalue weighted by atomic mass is 16.5. The van der Waals surface area contributed by atoms with E-state index in [2.05, 4.69) is 20.9 Å². The Bertz CT molecular complexity index is 1070. The summed E-state index contributed by atoms with van der Waals surface area (Å²) in [5.41, 5.74) is 13.8. The SMILES string of the molecule is CC[C@@H](C)N1C(=O)Cc2c1nc(N)c1c(N)[nH+]c(N3C[C@@H](C)O[C@@H](C)C3)c(C#N)c21. The lowest BCUT2D eigenvalue weighted by atomic mass is 10.00. The van der Waals surface area contributed by atoms with Gasteiger partial charge in [0, 0.05) is 17.0 Å². The van der Waals surface area contributed by atoms with Crippen molar-refractivity contribution in [2.75, 3.05) is 34.4 Å². The minimum Gasteiger partial charge on any atom is -0.383 e. The van der Waals surface area contributed by atoms with Crippen molar-refractivity contribution in [2.24, 2.45) is 0 Å². The Balaban J connectivity index is 2.00. The van der Waals surface area contributed by atoms with Gasteiger partial charge in [0.05, 0.1) is 37.1 Å². The Morgan fingerprint density at radius 1 is 1.30 bits per heavy atom. The van der Waals surface area contributed by atoms with Gasteiger partial charge in [0.25, 0.3) is 0 Å². The number of pyridine rings is 2. The van der Waals surface area contributed by atoms with Crippen molar-refractivity contribution in [3.63, 3.8) is 0 Å². The number of aromatic amines is 1. The number of nitrogens with two attached hydrogens (primary N) is 2. The minimum atomic E-state index is -0.0378. The number of rotatable bonds is 3. The summed E-state index contributed by atoms with van der Waals surface area (Å²) in [6.07, 6.45) is 0.995. The fraction of sp³-hybridized carbons (Fsp3) is 0.524. The van der Waals surface area contributed by atoms with E-state index in [1.165, 1.54) is 0 Å². The topological polar surface area (TPSA) is 136 Å². The van der Waals surface area contributed by atoms with Gasteiger partial charge in [-0.05, 0) is 27.2 Å². The van der Waals surface area contributed by atoms with Crippen LogP contribution in [0.1, 0.15) is 45.2 Å². The highest BCUT2D eigenvalue weighted by molar-refractivity contribution is 6.12. The summed E-state index contributed by atoms with van der Waals surface area (Å²) in [5.74, 6) is 1.69. The number of nitrogens with zero attached hydrogens (tertiary/aromatic N) is 4. The van der Waals surface area contributed by atoms with Gasteiger partial charge in [0.1, 0.15) is 23.3 Å². The molecule has 0 saturated carbocycles. The number of amides is 1. The van der Waals surface area contributed by atoms with Crippen LogP contribution in [0, 0.1) is 11.3 Å². The number of H-pyrrole nitrogens is 1. The molecule has 2 aromatic rings. The van der Waals surface area contributed by atoms with E-state index in [0.29, 0.717) is 46.9 Å². The predicted octanol–water partition coefficient (Wildman–Crippen LogP) is 1.39. The van der Waals surface area contributed by atoms with E-state index < -0.39 is 0 Å². The summed E-state index contributed by atoms with van der Waals surface area (Å²) >= 11 is 0. The summed E-state index contributed by atoms with van der Waals surface area (Å²) in [5, 5.41) is 11.3. The van der Waals surface area contributed by atoms with Gasteiger partial charge in [-0.2, -0.15) is 5.26 Å². The lowest BCUT2D eigenvalue weighted by molar-refractivity contribution is -0.345. The van der Waals surface area contributed by atoms with Crippen LogP contribution in [0.4, 0.5) is 23.3 Å². The highest BCUT2D eigenvalue weighted by Gasteiger charge is 2.38. The number of nitriles is 1. The number of anilines is 4. The number of ether oxygens (including phenoxy) is 1. The third kappa shape index (κ3) is 2.99. The Kier molecular flexibility index (Phi) is 4.90. The normalized spacial score (nSPS) is 22.3. The number of nitrogens with one attached hydrogen (secondary N) is 1. The first kappa shape index (κ1) is 20.2. The van der Waals surface area contributed by atoms with Crippen molar-refractivity contribution < 1.29 is 14.5 Å². The fourth-order valence-corrected chi connectivity index (χ4v) is 4.61. The molecule has 0 unspecified atom stereocenters. The number of nitrogen functional groups attached to an aromatic ring is 2. The largest absolute Gasteiger partial charge is 0.383 e. The Labute approximate surface area is 175 Å². The van der Waals surface area contributed by atoms with Crippen molar-refractivity contribution in [1.82, 2.24) is 4.98 Å². The predicted molar refractivity (Wildman–Crippen MR) is 115 cm³/mol. The van der Waals surface area contributed by atoms with Crippen LogP contribution in [0.2, 0.25) is 0 Å². The molecule has 0 spiro atoms. The van der Waals surface area contributed by atoms with Crippen molar-refractivity contribution in [3.05, 3.63) is 11.1 Å². The summed E-state index contributed by atoms with van der Waals surface area (Å²) < 4.78 is 5.84. The third-order valence-electron chi connectivity index (χ3n) is 6.02. The molecule has 0 bridgehead atoms. The molecule has 0 aliphatic carbocycles. The Hall–Kier alpha value is -3.12. The molecule has 2 aliphatic rings. The van der Waals surface area contributed by atoms with Crippen LogP contribution < -0.4 is 26.3 Å².